The number of aromatic nitrogens is 1. The largest absolute Gasteiger partial charge is 0.282 e. The number of amidine groups is 1. The number of hydrogen-bond acceptors (Lipinski definition) is 4. The molecule has 1 aliphatic heterocycles. The van der Waals surface area contributed by atoms with Crippen molar-refractivity contribution in [2.24, 2.45) is 4.99 Å². The van der Waals surface area contributed by atoms with Gasteiger partial charge in [-0.15, -0.1) is 6.58 Å². The van der Waals surface area contributed by atoms with Crippen molar-refractivity contribution in [2.75, 3.05) is 6.54 Å². The van der Waals surface area contributed by atoms with Crippen molar-refractivity contribution in [1.82, 2.24) is 9.88 Å². The van der Waals surface area contributed by atoms with Crippen LogP contribution in [0.25, 0.3) is 6.08 Å². The van der Waals surface area contributed by atoms with Gasteiger partial charge in [0.05, 0.1) is 4.91 Å². The van der Waals surface area contributed by atoms with E-state index >= 15 is 0 Å². The Morgan fingerprint density at radius 3 is 2.84 bits per heavy atom. The number of rotatable bonds is 4. The number of aliphatic imine (C=N–C) groups is 1. The van der Waals surface area contributed by atoms with Crippen LogP contribution in [0.2, 0.25) is 0 Å². The standard InChI is InChI=1S/C19H16BrN3OS/c1-3-10-23-18(24)16(12-14-7-5-8-15(20)11-14)25-19(23)22-17-9-4-6-13(2)21-17/h3-9,11-12H,1,10H2,2H3/b16-12-,22-19+. The Labute approximate surface area is 159 Å². The van der Waals surface area contributed by atoms with Crippen LogP contribution in [0, 0.1) is 6.92 Å². The van der Waals surface area contributed by atoms with Crippen molar-refractivity contribution in [2.45, 2.75) is 6.92 Å². The summed E-state index contributed by atoms with van der Waals surface area (Å²) in [6.45, 7) is 6.06. The molecule has 0 aliphatic carbocycles. The highest BCUT2D eigenvalue weighted by Gasteiger charge is 2.32. The SMILES string of the molecule is C=CCN1C(=O)/C(=C/c2cccc(Br)c2)S/C1=N/c1cccc(C)n1. The van der Waals surface area contributed by atoms with Crippen LogP contribution in [0.1, 0.15) is 11.3 Å². The number of thioether (sulfide) groups is 1. The number of aryl methyl sites for hydroxylation is 1. The highest BCUT2D eigenvalue weighted by Crippen LogP contribution is 2.34. The van der Waals surface area contributed by atoms with Crippen molar-refractivity contribution in [3.63, 3.8) is 0 Å². The van der Waals surface area contributed by atoms with Crippen molar-refractivity contribution in [1.29, 1.82) is 0 Å². The van der Waals surface area contributed by atoms with Crippen molar-refractivity contribution in [3.05, 3.63) is 75.8 Å². The first-order valence-corrected chi connectivity index (χ1v) is 9.28. The lowest BCUT2D eigenvalue weighted by Gasteiger charge is -2.12. The van der Waals surface area contributed by atoms with Gasteiger partial charge in [0, 0.05) is 16.7 Å². The molecule has 25 heavy (non-hydrogen) atoms. The first-order valence-electron chi connectivity index (χ1n) is 7.67. The van der Waals surface area contributed by atoms with E-state index in [1.165, 1.54) is 11.8 Å². The number of benzene rings is 1. The summed E-state index contributed by atoms with van der Waals surface area (Å²) in [5.74, 6) is 0.518. The molecule has 1 fully saturated rings. The summed E-state index contributed by atoms with van der Waals surface area (Å²) in [5.41, 5.74) is 1.84. The molecule has 0 N–H and O–H groups in total. The Morgan fingerprint density at radius 2 is 2.12 bits per heavy atom. The molecule has 1 amide bonds. The summed E-state index contributed by atoms with van der Waals surface area (Å²) in [6, 6.07) is 13.5. The van der Waals surface area contributed by atoms with E-state index in [1.807, 2.05) is 55.5 Å². The number of pyridine rings is 1. The van der Waals surface area contributed by atoms with E-state index in [0.717, 1.165) is 15.7 Å². The zero-order chi connectivity index (χ0) is 17.8. The van der Waals surface area contributed by atoms with Gasteiger partial charge >= 0.3 is 0 Å². The summed E-state index contributed by atoms with van der Waals surface area (Å²) in [7, 11) is 0. The average molecular weight is 414 g/mol. The van der Waals surface area contributed by atoms with Crippen molar-refractivity contribution >= 4 is 50.7 Å². The third kappa shape index (κ3) is 4.27. The highest BCUT2D eigenvalue weighted by molar-refractivity contribution is 9.10. The van der Waals surface area contributed by atoms with Gasteiger partial charge in [0.1, 0.15) is 0 Å². The molecule has 0 atom stereocenters. The van der Waals surface area contributed by atoms with Crippen LogP contribution < -0.4 is 0 Å². The lowest BCUT2D eigenvalue weighted by Crippen LogP contribution is -2.29. The summed E-state index contributed by atoms with van der Waals surface area (Å²) < 4.78 is 0.970. The number of hydrogen-bond donors (Lipinski definition) is 0. The van der Waals surface area contributed by atoms with Crippen molar-refractivity contribution < 1.29 is 4.79 Å². The van der Waals surface area contributed by atoms with Crippen LogP contribution in [0.5, 0.6) is 0 Å². The lowest BCUT2D eigenvalue weighted by molar-refractivity contribution is -0.121. The van der Waals surface area contributed by atoms with Gasteiger partial charge in [-0.25, -0.2) is 9.98 Å². The topological polar surface area (TPSA) is 45.6 Å². The Hall–Kier alpha value is -2.18. The van der Waals surface area contributed by atoms with E-state index < -0.39 is 0 Å². The predicted molar refractivity (Wildman–Crippen MR) is 108 cm³/mol. The second-order valence-corrected chi connectivity index (χ2v) is 7.33. The lowest BCUT2D eigenvalue weighted by atomic mass is 10.2. The Kier molecular flexibility index (Phi) is 5.50. The molecule has 3 rings (SSSR count). The summed E-state index contributed by atoms with van der Waals surface area (Å²) >= 11 is 4.80. The number of nitrogens with zero attached hydrogens (tertiary/aromatic N) is 3. The minimum atomic E-state index is -0.0729. The van der Waals surface area contributed by atoms with Crippen molar-refractivity contribution in [3.8, 4) is 0 Å². The van der Waals surface area contributed by atoms with E-state index in [4.69, 9.17) is 0 Å². The number of carbonyl (C=O) groups excluding carboxylic acids is 1. The van der Waals surface area contributed by atoms with Gasteiger partial charge in [0.25, 0.3) is 5.91 Å². The second-order valence-electron chi connectivity index (χ2n) is 5.40. The number of amides is 1. The fourth-order valence-electron chi connectivity index (χ4n) is 2.32. The van der Waals surface area contributed by atoms with E-state index in [0.29, 0.717) is 22.4 Å². The summed E-state index contributed by atoms with van der Waals surface area (Å²) in [4.78, 5) is 23.9. The fourth-order valence-corrected chi connectivity index (χ4v) is 3.73. The first-order chi connectivity index (χ1) is 12.1. The van der Waals surface area contributed by atoms with Crippen LogP contribution in [0.4, 0.5) is 5.82 Å². The first kappa shape index (κ1) is 17.6. The molecule has 0 saturated carbocycles. The van der Waals surface area contributed by atoms with Gasteiger partial charge in [-0.05, 0) is 54.6 Å². The van der Waals surface area contributed by atoms with Gasteiger partial charge < -0.3 is 0 Å². The van der Waals surface area contributed by atoms with E-state index in [-0.39, 0.29) is 5.91 Å². The van der Waals surface area contributed by atoms with Gasteiger partial charge in [0.2, 0.25) is 0 Å². The molecule has 4 nitrogen and oxygen atoms in total. The molecule has 1 aromatic heterocycles. The molecule has 126 valence electrons. The predicted octanol–water partition coefficient (Wildman–Crippen LogP) is 4.94. The molecule has 0 unspecified atom stereocenters. The zero-order valence-corrected chi connectivity index (χ0v) is 16.0. The van der Waals surface area contributed by atoms with Crippen LogP contribution in [-0.4, -0.2) is 27.5 Å². The molecule has 1 aromatic carbocycles. The van der Waals surface area contributed by atoms with Crippen LogP contribution >= 0.6 is 27.7 Å². The molecule has 0 bridgehead atoms. The minimum absolute atomic E-state index is 0.0729. The van der Waals surface area contributed by atoms with Crippen LogP contribution in [-0.2, 0) is 4.79 Å². The number of carbonyl (C=O) groups is 1. The van der Waals surface area contributed by atoms with Crippen LogP contribution in [0.3, 0.4) is 0 Å². The van der Waals surface area contributed by atoms with Gasteiger partial charge in [-0.2, -0.15) is 0 Å². The zero-order valence-electron chi connectivity index (χ0n) is 13.6. The maximum absolute atomic E-state index is 12.7. The third-order valence-electron chi connectivity index (χ3n) is 3.43. The molecule has 6 heteroatoms. The fraction of sp³-hybridized carbons (Fsp3) is 0.105. The maximum atomic E-state index is 12.7. The average Bonchev–Trinajstić information content (AvgIpc) is 2.84. The Bertz CT molecular complexity index is 892. The minimum Gasteiger partial charge on any atom is -0.282 e. The van der Waals surface area contributed by atoms with E-state index in [1.54, 1.807) is 11.0 Å². The molecule has 0 spiro atoms. The van der Waals surface area contributed by atoms with Gasteiger partial charge in [0.15, 0.2) is 11.0 Å². The normalized spacial score (nSPS) is 17.5. The molecule has 0 radical (unpaired) electrons. The molecule has 1 saturated heterocycles. The molecule has 2 heterocycles. The molecular weight excluding hydrogens is 398 g/mol. The van der Waals surface area contributed by atoms with Gasteiger partial charge in [-0.1, -0.05) is 40.2 Å². The summed E-state index contributed by atoms with van der Waals surface area (Å²) in [5, 5.41) is 0.615. The van der Waals surface area contributed by atoms with E-state index in [2.05, 4.69) is 32.5 Å². The van der Waals surface area contributed by atoms with Gasteiger partial charge in [-0.3, -0.25) is 9.69 Å². The molecule has 1 aliphatic rings. The molecule has 2 aromatic rings. The monoisotopic (exact) mass is 413 g/mol. The highest BCUT2D eigenvalue weighted by atomic mass is 79.9. The Morgan fingerprint density at radius 1 is 1.32 bits per heavy atom. The molecular formula is C19H16BrN3OS. The quantitative estimate of drug-likeness (QED) is 0.526. The number of halogens is 1. The smallest absolute Gasteiger partial charge is 0.267 e. The maximum Gasteiger partial charge on any atom is 0.267 e. The summed E-state index contributed by atoms with van der Waals surface area (Å²) in [6.07, 6.45) is 3.57. The van der Waals surface area contributed by atoms with Crippen LogP contribution in [0.15, 0.2) is 69.5 Å². The third-order valence-corrected chi connectivity index (χ3v) is 4.93. The second kappa shape index (κ2) is 7.80. The van der Waals surface area contributed by atoms with E-state index in [9.17, 15) is 4.79 Å². The Balaban J connectivity index is 1.96.